The molecular weight excluding hydrogens is 332 g/mol. The first kappa shape index (κ1) is 17.9. The van der Waals surface area contributed by atoms with E-state index in [1.807, 2.05) is 0 Å². The Labute approximate surface area is 162 Å². The van der Waals surface area contributed by atoms with Crippen molar-refractivity contribution in [2.24, 2.45) is 0 Å². The van der Waals surface area contributed by atoms with Crippen LogP contribution >= 0.6 is 0 Å². The van der Waals surface area contributed by atoms with Gasteiger partial charge >= 0.3 is 0 Å². The van der Waals surface area contributed by atoms with E-state index in [-0.39, 0.29) is 0 Å². The van der Waals surface area contributed by atoms with Gasteiger partial charge in [0.25, 0.3) is 0 Å². The normalized spacial score (nSPS) is 15.3. The molecule has 0 N–H and O–H groups in total. The zero-order valence-corrected chi connectivity index (χ0v) is 16.3. The van der Waals surface area contributed by atoms with Crippen LogP contribution in [-0.4, -0.2) is 44.2 Å². The van der Waals surface area contributed by atoms with Gasteiger partial charge in [0.15, 0.2) is 0 Å². The fraction of sp³-hybridized carbons (Fsp3) is 0.333. The number of hydrogen-bond donors (Lipinski definition) is 0. The zero-order chi connectivity index (χ0) is 18.6. The van der Waals surface area contributed by atoms with Gasteiger partial charge in [-0.1, -0.05) is 48.5 Å². The summed E-state index contributed by atoms with van der Waals surface area (Å²) in [4.78, 5) is 5.04. The number of fused-ring (bicyclic) bond motifs is 1. The molecule has 3 heteroatoms. The van der Waals surface area contributed by atoms with Crippen LogP contribution in [0.25, 0.3) is 10.8 Å². The van der Waals surface area contributed by atoms with E-state index >= 15 is 0 Å². The summed E-state index contributed by atoms with van der Waals surface area (Å²) in [6.07, 6.45) is 0. The van der Waals surface area contributed by atoms with Gasteiger partial charge in [-0.2, -0.15) is 0 Å². The molecule has 1 fully saturated rings. The van der Waals surface area contributed by atoms with Crippen LogP contribution in [0.15, 0.2) is 60.7 Å². The highest BCUT2D eigenvalue weighted by atomic mass is 16.5. The largest absolute Gasteiger partial charge is 0.492 e. The first-order chi connectivity index (χ1) is 13.2. The van der Waals surface area contributed by atoms with Gasteiger partial charge in [0.05, 0.1) is 0 Å². The average Bonchev–Trinajstić information content (AvgIpc) is 2.69. The summed E-state index contributed by atoms with van der Waals surface area (Å²) >= 11 is 0. The Kier molecular flexibility index (Phi) is 5.30. The zero-order valence-electron chi connectivity index (χ0n) is 16.3. The van der Waals surface area contributed by atoms with E-state index in [1.165, 1.54) is 27.6 Å². The molecule has 0 saturated carbocycles. The maximum atomic E-state index is 6.01. The average molecular weight is 361 g/mol. The van der Waals surface area contributed by atoms with Crippen molar-refractivity contribution in [1.82, 2.24) is 4.90 Å². The van der Waals surface area contributed by atoms with Gasteiger partial charge in [-0.15, -0.1) is 0 Å². The Hall–Kier alpha value is -2.52. The minimum atomic E-state index is 0.738. The molecule has 3 aromatic carbocycles. The third-order valence-corrected chi connectivity index (χ3v) is 5.53. The Morgan fingerprint density at radius 1 is 0.778 bits per heavy atom. The molecule has 0 radical (unpaired) electrons. The van der Waals surface area contributed by atoms with Crippen molar-refractivity contribution in [2.75, 3.05) is 44.2 Å². The predicted molar refractivity (Wildman–Crippen MR) is 114 cm³/mol. The molecule has 1 saturated heterocycles. The fourth-order valence-electron chi connectivity index (χ4n) is 4.05. The molecule has 1 aliphatic rings. The highest BCUT2D eigenvalue weighted by Crippen LogP contribution is 2.25. The van der Waals surface area contributed by atoms with Crippen molar-refractivity contribution in [1.29, 1.82) is 0 Å². The number of para-hydroxylation sites is 1. The highest BCUT2D eigenvalue weighted by molar-refractivity contribution is 5.83. The lowest BCUT2D eigenvalue weighted by Gasteiger charge is -2.37. The SMILES string of the molecule is Cc1cccc(C)c1N1CCN(CCOc2ccc3ccccc3c2)CC1. The van der Waals surface area contributed by atoms with Crippen molar-refractivity contribution in [3.8, 4) is 5.75 Å². The van der Waals surface area contributed by atoms with Gasteiger partial charge in [0.1, 0.15) is 12.4 Å². The maximum absolute atomic E-state index is 6.01. The first-order valence-electron chi connectivity index (χ1n) is 9.86. The molecule has 0 spiro atoms. The minimum absolute atomic E-state index is 0.738. The highest BCUT2D eigenvalue weighted by Gasteiger charge is 2.19. The second-order valence-electron chi connectivity index (χ2n) is 7.43. The predicted octanol–water partition coefficient (Wildman–Crippen LogP) is 4.66. The van der Waals surface area contributed by atoms with Crippen LogP contribution in [0, 0.1) is 13.8 Å². The van der Waals surface area contributed by atoms with E-state index in [4.69, 9.17) is 4.74 Å². The number of piperazine rings is 1. The third kappa shape index (κ3) is 4.09. The second-order valence-corrected chi connectivity index (χ2v) is 7.43. The van der Waals surface area contributed by atoms with Crippen LogP contribution in [-0.2, 0) is 0 Å². The molecule has 140 valence electrons. The van der Waals surface area contributed by atoms with Gasteiger partial charge in [0.2, 0.25) is 0 Å². The lowest BCUT2D eigenvalue weighted by molar-refractivity contribution is 0.200. The van der Waals surface area contributed by atoms with Crippen molar-refractivity contribution < 1.29 is 4.74 Å². The van der Waals surface area contributed by atoms with E-state index in [2.05, 4.69) is 84.3 Å². The van der Waals surface area contributed by atoms with Crippen molar-refractivity contribution in [2.45, 2.75) is 13.8 Å². The summed E-state index contributed by atoms with van der Waals surface area (Å²) < 4.78 is 6.01. The van der Waals surface area contributed by atoms with Crippen LogP contribution < -0.4 is 9.64 Å². The molecule has 0 aromatic heterocycles. The quantitative estimate of drug-likeness (QED) is 0.658. The van der Waals surface area contributed by atoms with E-state index in [0.29, 0.717) is 0 Å². The van der Waals surface area contributed by atoms with Crippen LogP contribution in [0.4, 0.5) is 5.69 Å². The molecule has 0 aliphatic carbocycles. The standard InChI is InChI=1S/C24H28N2O/c1-19-6-5-7-20(2)24(19)26-14-12-25(13-15-26)16-17-27-23-11-10-21-8-3-4-9-22(21)18-23/h3-11,18H,12-17H2,1-2H3. The number of benzene rings is 3. The number of ether oxygens (including phenoxy) is 1. The molecule has 1 heterocycles. The van der Waals surface area contributed by atoms with Gasteiger partial charge in [0, 0.05) is 38.4 Å². The molecule has 3 aromatic rings. The lowest BCUT2D eigenvalue weighted by atomic mass is 10.1. The Balaban J connectivity index is 1.28. The molecule has 27 heavy (non-hydrogen) atoms. The maximum Gasteiger partial charge on any atom is 0.120 e. The number of nitrogens with zero attached hydrogens (tertiary/aromatic N) is 2. The number of aryl methyl sites for hydroxylation is 2. The molecular formula is C24H28N2O. The van der Waals surface area contributed by atoms with Crippen molar-refractivity contribution in [3.05, 3.63) is 71.8 Å². The Bertz CT molecular complexity index is 893. The van der Waals surface area contributed by atoms with E-state index < -0.39 is 0 Å². The van der Waals surface area contributed by atoms with E-state index in [0.717, 1.165) is 45.1 Å². The molecule has 0 unspecified atom stereocenters. The van der Waals surface area contributed by atoms with Crippen LogP contribution in [0.1, 0.15) is 11.1 Å². The molecule has 0 atom stereocenters. The number of anilines is 1. The lowest BCUT2D eigenvalue weighted by Crippen LogP contribution is -2.47. The van der Waals surface area contributed by atoms with Crippen LogP contribution in [0.3, 0.4) is 0 Å². The molecule has 0 bridgehead atoms. The third-order valence-electron chi connectivity index (χ3n) is 5.53. The number of rotatable bonds is 5. The smallest absolute Gasteiger partial charge is 0.120 e. The van der Waals surface area contributed by atoms with Gasteiger partial charge in [-0.25, -0.2) is 0 Å². The monoisotopic (exact) mass is 360 g/mol. The molecule has 3 nitrogen and oxygen atoms in total. The summed E-state index contributed by atoms with van der Waals surface area (Å²) in [5, 5.41) is 2.49. The summed E-state index contributed by atoms with van der Waals surface area (Å²) in [5.74, 6) is 0.961. The molecule has 1 aliphatic heterocycles. The first-order valence-corrected chi connectivity index (χ1v) is 9.86. The van der Waals surface area contributed by atoms with Crippen molar-refractivity contribution in [3.63, 3.8) is 0 Å². The van der Waals surface area contributed by atoms with Crippen molar-refractivity contribution >= 4 is 16.5 Å². The fourth-order valence-corrected chi connectivity index (χ4v) is 4.05. The topological polar surface area (TPSA) is 15.7 Å². The summed E-state index contributed by atoms with van der Waals surface area (Å²) in [6.45, 7) is 10.5. The van der Waals surface area contributed by atoms with Gasteiger partial charge in [-0.05, 0) is 47.9 Å². The second kappa shape index (κ2) is 8.01. The van der Waals surface area contributed by atoms with Gasteiger partial charge in [-0.3, -0.25) is 4.90 Å². The van der Waals surface area contributed by atoms with E-state index in [1.54, 1.807) is 0 Å². The summed E-state index contributed by atoms with van der Waals surface area (Å²) in [5.41, 5.74) is 4.18. The Morgan fingerprint density at radius 2 is 1.48 bits per heavy atom. The van der Waals surface area contributed by atoms with Gasteiger partial charge < -0.3 is 9.64 Å². The Morgan fingerprint density at radius 3 is 2.22 bits per heavy atom. The van der Waals surface area contributed by atoms with Crippen LogP contribution in [0.2, 0.25) is 0 Å². The molecule has 4 rings (SSSR count). The van der Waals surface area contributed by atoms with E-state index in [9.17, 15) is 0 Å². The summed E-state index contributed by atoms with van der Waals surface area (Å²) in [7, 11) is 0. The minimum Gasteiger partial charge on any atom is -0.492 e. The molecule has 0 amide bonds. The number of hydrogen-bond acceptors (Lipinski definition) is 3. The van der Waals surface area contributed by atoms with Crippen LogP contribution in [0.5, 0.6) is 5.75 Å². The summed E-state index contributed by atoms with van der Waals surface area (Å²) in [6, 6.07) is 21.3.